The highest BCUT2D eigenvalue weighted by Crippen LogP contribution is 2.24. The van der Waals surface area contributed by atoms with Crippen molar-refractivity contribution in [3.05, 3.63) is 0 Å². The van der Waals surface area contributed by atoms with Crippen LogP contribution >= 0.6 is 0 Å². The molecule has 0 radical (unpaired) electrons. The van der Waals surface area contributed by atoms with Crippen molar-refractivity contribution >= 4 is 0 Å². The predicted molar refractivity (Wildman–Crippen MR) is 74.4 cm³/mol. The summed E-state index contributed by atoms with van der Waals surface area (Å²) in [5, 5.41) is 0. The normalized spacial score (nSPS) is 25.6. The molecular weight excluding hydrogens is 208 g/mol. The van der Waals surface area contributed by atoms with Crippen LogP contribution < -0.4 is 0 Å². The predicted octanol–water partition coefficient (Wildman–Crippen LogP) is 3.13. The van der Waals surface area contributed by atoms with Crippen molar-refractivity contribution < 1.29 is 0 Å². The molecule has 0 bridgehead atoms. The van der Waals surface area contributed by atoms with Gasteiger partial charge in [0, 0.05) is 38.3 Å². The van der Waals surface area contributed by atoms with Crippen molar-refractivity contribution in [2.24, 2.45) is 0 Å². The van der Waals surface area contributed by atoms with E-state index < -0.39 is 0 Å². The van der Waals surface area contributed by atoms with Gasteiger partial charge in [0.25, 0.3) is 0 Å². The van der Waals surface area contributed by atoms with Crippen molar-refractivity contribution in [1.29, 1.82) is 0 Å². The summed E-state index contributed by atoms with van der Waals surface area (Å²) in [5.74, 6) is 0. The third-order valence-electron chi connectivity index (χ3n) is 4.90. The molecule has 1 aliphatic heterocycles. The maximum Gasteiger partial charge on any atom is 0.0113 e. The molecule has 1 heterocycles. The highest BCUT2D eigenvalue weighted by Gasteiger charge is 2.26. The van der Waals surface area contributed by atoms with Crippen LogP contribution in [-0.4, -0.2) is 48.1 Å². The van der Waals surface area contributed by atoms with Crippen molar-refractivity contribution in [3.8, 4) is 0 Å². The highest BCUT2D eigenvalue weighted by atomic mass is 15.3. The molecule has 0 amide bonds. The fraction of sp³-hybridized carbons (Fsp3) is 1.00. The molecule has 2 heteroatoms. The van der Waals surface area contributed by atoms with Crippen LogP contribution in [0.3, 0.4) is 0 Å². The van der Waals surface area contributed by atoms with E-state index in [0.29, 0.717) is 0 Å². The van der Waals surface area contributed by atoms with Crippen molar-refractivity contribution in [2.75, 3.05) is 26.2 Å². The van der Waals surface area contributed by atoms with E-state index in [2.05, 4.69) is 23.6 Å². The number of rotatable bonds is 4. The first kappa shape index (κ1) is 13.4. The van der Waals surface area contributed by atoms with E-state index in [4.69, 9.17) is 0 Å². The first-order chi connectivity index (χ1) is 8.35. The highest BCUT2D eigenvalue weighted by molar-refractivity contribution is 4.83. The van der Waals surface area contributed by atoms with E-state index in [0.717, 1.165) is 12.1 Å². The molecule has 0 aromatic rings. The zero-order valence-corrected chi connectivity index (χ0v) is 11.8. The molecule has 17 heavy (non-hydrogen) atoms. The molecule has 0 atom stereocenters. The van der Waals surface area contributed by atoms with Crippen LogP contribution in [0.25, 0.3) is 0 Å². The lowest BCUT2D eigenvalue weighted by Crippen LogP contribution is -2.53. The number of hydrogen-bond acceptors (Lipinski definition) is 2. The van der Waals surface area contributed by atoms with Crippen LogP contribution in [0.2, 0.25) is 0 Å². The standard InChI is InChI=1S/C15H30N2/c1-3-14(4-2)16-10-12-17(13-11-16)15-8-6-5-7-9-15/h14-15H,3-13H2,1-2H3. The fourth-order valence-corrected chi connectivity index (χ4v) is 3.72. The number of hydrogen-bond donors (Lipinski definition) is 0. The van der Waals surface area contributed by atoms with Gasteiger partial charge in [-0.05, 0) is 25.7 Å². The minimum atomic E-state index is 0.837. The summed E-state index contributed by atoms with van der Waals surface area (Å²) in [6.07, 6.45) is 9.98. The summed E-state index contributed by atoms with van der Waals surface area (Å²) in [4.78, 5) is 5.50. The molecule has 100 valence electrons. The van der Waals surface area contributed by atoms with Crippen LogP contribution in [-0.2, 0) is 0 Å². The van der Waals surface area contributed by atoms with Crippen LogP contribution in [0.1, 0.15) is 58.8 Å². The first-order valence-corrected chi connectivity index (χ1v) is 7.83. The van der Waals surface area contributed by atoms with Crippen LogP contribution in [0, 0.1) is 0 Å². The Hall–Kier alpha value is -0.0800. The Balaban J connectivity index is 1.76. The molecule has 0 N–H and O–H groups in total. The second-order valence-electron chi connectivity index (χ2n) is 5.83. The van der Waals surface area contributed by atoms with Gasteiger partial charge in [-0.15, -0.1) is 0 Å². The topological polar surface area (TPSA) is 6.48 Å². The van der Waals surface area contributed by atoms with Gasteiger partial charge in [-0.1, -0.05) is 33.1 Å². The third-order valence-corrected chi connectivity index (χ3v) is 4.90. The Kier molecular flexibility index (Phi) is 5.30. The van der Waals surface area contributed by atoms with Crippen LogP contribution in [0.5, 0.6) is 0 Å². The van der Waals surface area contributed by atoms with Crippen LogP contribution in [0.4, 0.5) is 0 Å². The van der Waals surface area contributed by atoms with Crippen molar-refractivity contribution in [2.45, 2.75) is 70.9 Å². The van der Waals surface area contributed by atoms with E-state index in [1.165, 1.54) is 71.1 Å². The van der Waals surface area contributed by atoms with E-state index in [1.807, 2.05) is 0 Å². The third kappa shape index (κ3) is 3.45. The largest absolute Gasteiger partial charge is 0.298 e. The maximum atomic E-state index is 2.78. The number of piperazine rings is 1. The SMILES string of the molecule is CCC(CC)N1CCN(C2CCCCC2)CC1. The van der Waals surface area contributed by atoms with Gasteiger partial charge in [-0.2, -0.15) is 0 Å². The fourth-order valence-electron chi connectivity index (χ4n) is 3.72. The summed E-state index contributed by atoms with van der Waals surface area (Å²) in [5.41, 5.74) is 0. The molecule has 2 fully saturated rings. The van der Waals surface area contributed by atoms with E-state index in [9.17, 15) is 0 Å². The Morgan fingerprint density at radius 2 is 1.47 bits per heavy atom. The van der Waals surface area contributed by atoms with Gasteiger partial charge >= 0.3 is 0 Å². The summed E-state index contributed by atoms with van der Waals surface area (Å²) < 4.78 is 0. The zero-order valence-electron chi connectivity index (χ0n) is 11.8. The lowest BCUT2D eigenvalue weighted by atomic mass is 9.93. The molecule has 0 spiro atoms. The Morgan fingerprint density at radius 1 is 0.882 bits per heavy atom. The van der Waals surface area contributed by atoms with Crippen molar-refractivity contribution in [3.63, 3.8) is 0 Å². The Bertz CT molecular complexity index is 199. The second-order valence-corrected chi connectivity index (χ2v) is 5.83. The average Bonchev–Trinajstić information content (AvgIpc) is 2.42. The summed E-state index contributed by atoms with van der Waals surface area (Å²) in [6.45, 7) is 9.93. The monoisotopic (exact) mass is 238 g/mol. The molecule has 0 aromatic heterocycles. The van der Waals surface area contributed by atoms with Gasteiger partial charge in [0.2, 0.25) is 0 Å². The van der Waals surface area contributed by atoms with Gasteiger partial charge in [0.1, 0.15) is 0 Å². The molecule has 2 aliphatic rings. The van der Waals surface area contributed by atoms with Gasteiger partial charge in [-0.25, -0.2) is 0 Å². The molecule has 2 nitrogen and oxygen atoms in total. The van der Waals surface area contributed by atoms with Gasteiger partial charge in [-0.3, -0.25) is 9.80 Å². The molecule has 0 aromatic carbocycles. The van der Waals surface area contributed by atoms with Gasteiger partial charge < -0.3 is 0 Å². The maximum absolute atomic E-state index is 2.78. The zero-order chi connectivity index (χ0) is 12.1. The lowest BCUT2D eigenvalue weighted by molar-refractivity contribution is 0.0543. The summed E-state index contributed by atoms with van der Waals surface area (Å²) in [6, 6.07) is 1.76. The number of nitrogens with zero attached hydrogens (tertiary/aromatic N) is 2. The molecular formula is C15H30N2. The first-order valence-electron chi connectivity index (χ1n) is 7.83. The van der Waals surface area contributed by atoms with E-state index in [-0.39, 0.29) is 0 Å². The van der Waals surface area contributed by atoms with E-state index >= 15 is 0 Å². The minimum absolute atomic E-state index is 0.837. The summed E-state index contributed by atoms with van der Waals surface area (Å²) >= 11 is 0. The molecule has 1 saturated heterocycles. The van der Waals surface area contributed by atoms with Gasteiger partial charge in [0.05, 0.1) is 0 Å². The Morgan fingerprint density at radius 3 is 2.00 bits per heavy atom. The smallest absolute Gasteiger partial charge is 0.0113 e. The molecule has 0 unspecified atom stereocenters. The quantitative estimate of drug-likeness (QED) is 0.742. The summed E-state index contributed by atoms with van der Waals surface area (Å²) in [7, 11) is 0. The van der Waals surface area contributed by atoms with Crippen molar-refractivity contribution in [1.82, 2.24) is 9.80 Å². The molecule has 1 aliphatic carbocycles. The lowest BCUT2D eigenvalue weighted by Gasteiger charge is -2.43. The molecule has 2 rings (SSSR count). The van der Waals surface area contributed by atoms with E-state index in [1.54, 1.807) is 0 Å². The van der Waals surface area contributed by atoms with Gasteiger partial charge in [0.15, 0.2) is 0 Å². The average molecular weight is 238 g/mol. The minimum Gasteiger partial charge on any atom is -0.298 e. The molecule has 1 saturated carbocycles. The second kappa shape index (κ2) is 6.75. The van der Waals surface area contributed by atoms with Crippen LogP contribution in [0.15, 0.2) is 0 Å². The Labute approximate surface area is 107 Å².